The highest BCUT2D eigenvalue weighted by atomic mass is 32.1. The minimum Gasteiger partial charge on any atom is -0.345 e. The molecule has 2 aromatic heterocycles. The van der Waals surface area contributed by atoms with Gasteiger partial charge in [-0.3, -0.25) is 5.43 Å². The molecular weight excluding hydrogens is 340 g/mol. The van der Waals surface area contributed by atoms with Crippen LogP contribution in [0.1, 0.15) is 48.7 Å². The number of thiazole rings is 1. The molecule has 134 valence electrons. The number of hydrazone groups is 1. The van der Waals surface area contributed by atoms with E-state index in [-0.39, 0.29) is 0 Å². The largest absolute Gasteiger partial charge is 0.345 e. The molecule has 1 saturated carbocycles. The highest BCUT2D eigenvalue weighted by Crippen LogP contribution is 2.33. The number of rotatable bonds is 5. The standard InChI is InChI=1S/C21H24N4S/c1-15-12-18(16(2)25(15)19-10-6-7-11-19)13-22-24-21-23-20(14-26-21)17-8-4-3-5-9-17/h3-5,8-9,12-14,19H,6-7,10-11H2,1-2H3,(H,23,24)/b22-13-. The maximum absolute atomic E-state index is 4.61. The van der Waals surface area contributed by atoms with E-state index in [2.05, 4.69) is 57.5 Å². The fourth-order valence-electron chi connectivity index (χ4n) is 3.88. The van der Waals surface area contributed by atoms with E-state index in [1.165, 1.54) is 42.6 Å². The number of anilines is 1. The van der Waals surface area contributed by atoms with Crippen molar-refractivity contribution in [1.82, 2.24) is 9.55 Å². The highest BCUT2D eigenvalue weighted by Gasteiger charge is 2.20. The number of nitrogens with zero attached hydrogens (tertiary/aromatic N) is 3. The normalized spacial score (nSPS) is 15.2. The molecular formula is C21H24N4S. The van der Waals surface area contributed by atoms with Crippen molar-refractivity contribution < 1.29 is 0 Å². The van der Waals surface area contributed by atoms with Crippen LogP contribution in [-0.2, 0) is 0 Å². The fraction of sp³-hybridized carbons (Fsp3) is 0.333. The molecule has 3 aromatic rings. The van der Waals surface area contributed by atoms with E-state index in [1.807, 2.05) is 24.4 Å². The Morgan fingerprint density at radius 2 is 1.96 bits per heavy atom. The van der Waals surface area contributed by atoms with Crippen LogP contribution < -0.4 is 5.43 Å². The van der Waals surface area contributed by atoms with E-state index in [9.17, 15) is 0 Å². The Hall–Kier alpha value is -2.40. The molecule has 0 atom stereocenters. The van der Waals surface area contributed by atoms with Gasteiger partial charge in [0.1, 0.15) is 0 Å². The van der Waals surface area contributed by atoms with E-state index in [1.54, 1.807) is 11.3 Å². The van der Waals surface area contributed by atoms with Gasteiger partial charge in [-0.15, -0.1) is 11.3 Å². The second kappa shape index (κ2) is 7.46. The minimum absolute atomic E-state index is 0.664. The summed E-state index contributed by atoms with van der Waals surface area (Å²) in [5, 5.41) is 7.28. The Morgan fingerprint density at radius 1 is 1.19 bits per heavy atom. The molecule has 1 fully saturated rings. The van der Waals surface area contributed by atoms with Gasteiger partial charge in [-0.2, -0.15) is 5.10 Å². The first-order valence-electron chi connectivity index (χ1n) is 9.21. The zero-order valence-electron chi connectivity index (χ0n) is 15.3. The van der Waals surface area contributed by atoms with Gasteiger partial charge in [0.25, 0.3) is 0 Å². The summed E-state index contributed by atoms with van der Waals surface area (Å²) in [5.74, 6) is 0. The molecule has 5 heteroatoms. The van der Waals surface area contributed by atoms with Crippen molar-refractivity contribution in [2.45, 2.75) is 45.6 Å². The first-order valence-corrected chi connectivity index (χ1v) is 10.1. The van der Waals surface area contributed by atoms with Crippen molar-refractivity contribution in [3.63, 3.8) is 0 Å². The second-order valence-corrected chi connectivity index (χ2v) is 7.77. The van der Waals surface area contributed by atoms with Crippen molar-refractivity contribution in [1.29, 1.82) is 0 Å². The van der Waals surface area contributed by atoms with Gasteiger partial charge in [-0.25, -0.2) is 4.98 Å². The molecule has 0 amide bonds. The van der Waals surface area contributed by atoms with E-state index >= 15 is 0 Å². The van der Waals surface area contributed by atoms with E-state index in [4.69, 9.17) is 0 Å². The molecule has 0 unspecified atom stereocenters. The summed E-state index contributed by atoms with van der Waals surface area (Å²) in [6.07, 6.45) is 7.21. The third-order valence-corrected chi connectivity index (χ3v) is 5.90. The molecule has 1 aliphatic carbocycles. The predicted octanol–water partition coefficient (Wildman–Crippen LogP) is 5.79. The molecule has 2 heterocycles. The molecule has 0 radical (unpaired) electrons. The summed E-state index contributed by atoms with van der Waals surface area (Å²) < 4.78 is 2.49. The Labute approximate surface area is 158 Å². The summed E-state index contributed by atoms with van der Waals surface area (Å²) in [7, 11) is 0. The summed E-state index contributed by atoms with van der Waals surface area (Å²) in [5.41, 5.74) is 9.00. The third kappa shape index (κ3) is 3.44. The first kappa shape index (κ1) is 17.0. The van der Waals surface area contributed by atoms with Crippen LogP contribution in [0.15, 0.2) is 46.9 Å². The van der Waals surface area contributed by atoms with Crippen LogP contribution in [0.25, 0.3) is 11.3 Å². The summed E-state index contributed by atoms with van der Waals surface area (Å²) >= 11 is 1.57. The summed E-state index contributed by atoms with van der Waals surface area (Å²) in [4.78, 5) is 4.61. The van der Waals surface area contributed by atoms with Gasteiger partial charge in [0.15, 0.2) is 0 Å². The van der Waals surface area contributed by atoms with Gasteiger partial charge in [0.2, 0.25) is 5.13 Å². The van der Waals surface area contributed by atoms with Gasteiger partial charge in [0.05, 0.1) is 11.9 Å². The van der Waals surface area contributed by atoms with Crippen LogP contribution >= 0.6 is 11.3 Å². The van der Waals surface area contributed by atoms with Crippen molar-refractivity contribution >= 4 is 22.7 Å². The Kier molecular flexibility index (Phi) is 4.89. The minimum atomic E-state index is 0.664. The summed E-state index contributed by atoms with van der Waals surface area (Å²) in [6, 6.07) is 13.1. The highest BCUT2D eigenvalue weighted by molar-refractivity contribution is 7.14. The van der Waals surface area contributed by atoms with Crippen molar-refractivity contribution in [2.24, 2.45) is 5.10 Å². The van der Waals surface area contributed by atoms with Gasteiger partial charge in [0, 0.05) is 33.9 Å². The van der Waals surface area contributed by atoms with Gasteiger partial charge in [-0.1, -0.05) is 43.2 Å². The molecule has 0 bridgehead atoms. The number of nitrogens with one attached hydrogen (secondary N) is 1. The van der Waals surface area contributed by atoms with Crippen molar-refractivity contribution in [3.8, 4) is 11.3 Å². The van der Waals surface area contributed by atoms with Crippen LogP contribution in [0.2, 0.25) is 0 Å². The quantitative estimate of drug-likeness (QED) is 0.460. The van der Waals surface area contributed by atoms with Crippen molar-refractivity contribution in [2.75, 3.05) is 5.43 Å². The van der Waals surface area contributed by atoms with Crippen molar-refractivity contribution in [3.05, 3.63) is 58.7 Å². The number of aromatic nitrogens is 2. The van der Waals surface area contributed by atoms with Crippen LogP contribution in [0.5, 0.6) is 0 Å². The lowest BCUT2D eigenvalue weighted by molar-refractivity contribution is 0.500. The molecule has 0 spiro atoms. The summed E-state index contributed by atoms with van der Waals surface area (Å²) in [6.45, 7) is 4.40. The second-order valence-electron chi connectivity index (χ2n) is 6.91. The maximum Gasteiger partial charge on any atom is 0.203 e. The number of benzene rings is 1. The van der Waals surface area contributed by atoms with Gasteiger partial charge < -0.3 is 4.57 Å². The Balaban J connectivity index is 1.46. The molecule has 4 rings (SSSR count). The third-order valence-electron chi connectivity index (χ3n) is 5.15. The predicted molar refractivity (Wildman–Crippen MR) is 110 cm³/mol. The molecule has 1 aromatic carbocycles. The van der Waals surface area contributed by atoms with Crippen LogP contribution in [0.4, 0.5) is 5.13 Å². The monoisotopic (exact) mass is 364 g/mol. The first-order chi connectivity index (χ1) is 12.7. The lowest BCUT2D eigenvalue weighted by atomic mass is 10.2. The molecule has 0 saturated heterocycles. The molecule has 4 nitrogen and oxygen atoms in total. The van der Waals surface area contributed by atoms with E-state index < -0.39 is 0 Å². The topological polar surface area (TPSA) is 42.2 Å². The number of aryl methyl sites for hydroxylation is 1. The van der Waals surface area contributed by atoms with E-state index in [0.717, 1.165) is 16.4 Å². The maximum atomic E-state index is 4.61. The van der Waals surface area contributed by atoms with Crippen LogP contribution in [-0.4, -0.2) is 15.8 Å². The van der Waals surface area contributed by atoms with Crippen LogP contribution in [0, 0.1) is 13.8 Å². The Bertz CT molecular complexity index is 901. The molecule has 1 N–H and O–H groups in total. The molecule has 26 heavy (non-hydrogen) atoms. The average molecular weight is 365 g/mol. The lowest BCUT2D eigenvalue weighted by Gasteiger charge is -2.17. The number of hydrogen-bond acceptors (Lipinski definition) is 4. The zero-order chi connectivity index (χ0) is 17.9. The van der Waals surface area contributed by atoms with Gasteiger partial charge >= 0.3 is 0 Å². The molecule has 1 aliphatic rings. The van der Waals surface area contributed by atoms with Crippen LogP contribution in [0.3, 0.4) is 0 Å². The molecule has 0 aliphatic heterocycles. The van der Waals surface area contributed by atoms with E-state index in [0.29, 0.717) is 6.04 Å². The van der Waals surface area contributed by atoms with Gasteiger partial charge in [-0.05, 0) is 32.8 Å². The smallest absolute Gasteiger partial charge is 0.203 e. The zero-order valence-corrected chi connectivity index (χ0v) is 16.1. The average Bonchev–Trinajstić information content (AvgIpc) is 3.38. The SMILES string of the molecule is Cc1cc(/C=N\Nc2nc(-c3ccccc3)cs2)c(C)n1C1CCCC1. The lowest BCUT2D eigenvalue weighted by Crippen LogP contribution is -2.08. The Morgan fingerprint density at radius 3 is 2.73 bits per heavy atom. The number of hydrogen-bond donors (Lipinski definition) is 1. The fourth-order valence-corrected chi connectivity index (χ4v) is 4.55.